The van der Waals surface area contributed by atoms with Gasteiger partial charge in [-0.1, -0.05) is 0 Å². The van der Waals surface area contributed by atoms with E-state index in [0.29, 0.717) is 6.42 Å². The van der Waals surface area contributed by atoms with Crippen LogP contribution in [0.25, 0.3) is 0 Å². The van der Waals surface area contributed by atoms with E-state index in [9.17, 15) is 9.59 Å². The summed E-state index contributed by atoms with van der Waals surface area (Å²) in [6.45, 7) is 1.45. The number of Topliss-reactive ketones (excluding diaryl/α,β-unsaturated/α-hetero) is 2. The van der Waals surface area contributed by atoms with Gasteiger partial charge in [-0.15, -0.1) is 0 Å². The Bertz CT molecular complexity index is 126. The van der Waals surface area contributed by atoms with Crippen molar-refractivity contribution in [2.24, 2.45) is 5.92 Å². The molecule has 38 valence electrons. The lowest BCUT2D eigenvalue weighted by Crippen LogP contribution is -1.92. The zero-order chi connectivity index (χ0) is 5.44. The predicted molar refractivity (Wildman–Crippen MR) is 23.8 cm³/mol. The van der Waals surface area contributed by atoms with Crippen LogP contribution in [0.2, 0.25) is 0 Å². The maximum atomic E-state index is 10.2. The summed E-state index contributed by atoms with van der Waals surface area (Å²) < 4.78 is 0. The Morgan fingerprint density at radius 2 is 2.29 bits per heavy atom. The maximum Gasteiger partial charge on any atom is 0.144 e. The summed E-state index contributed by atoms with van der Waals surface area (Å²) in [5.41, 5.74) is 0. The highest BCUT2D eigenvalue weighted by Crippen LogP contribution is 2.23. The Morgan fingerprint density at radius 3 is 2.29 bits per heavy atom. The van der Waals surface area contributed by atoms with Crippen molar-refractivity contribution in [3.8, 4) is 0 Å². The highest BCUT2D eigenvalue weighted by Gasteiger charge is 2.38. The van der Waals surface area contributed by atoms with Crippen LogP contribution >= 0.6 is 0 Å². The highest BCUT2D eigenvalue weighted by atomic mass is 16.2. The Labute approximate surface area is 41.5 Å². The van der Waals surface area contributed by atoms with Crippen molar-refractivity contribution in [2.75, 3.05) is 0 Å². The van der Waals surface area contributed by atoms with Gasteiger partial charge in [-0.3, -0.25) is 9.59 Å². The summed E-state index contributed by atoms with van der Waals surface area (Å²) in [7, 11) is 0. The largest absolute Gasteiger partial charge is 0.299 e. The molecule has 2 nitrogen and oxygen atoms in total. The fraction of sp³-hybridized carbons (Fsp3) is 0.600. The van der Waals surface area contributed by atoms with Crippen LogP contribution in [0.3, 0.4) is 0 Å². The molecule has 0 heterocycles. The van der Waals surface area contributed by atoms with Gasteiger partial charge in [-0.05, 0) is 6.92 Å². The summed E-state index contributed by atoms with van der Waals surface area (Å²) in [6.07, 6.45) is 0.495. The number of carbonyl (C=O) groups is 2. The smallest absolute Gasteiger partial charge is 0.144 e. The minimum Gasteiger partial charge on any atom is -0.299 e. The molecule has 7 heavy (non-hydrogen) atoms. The predicted octanol–water partition coefficient (Wildman–Crippen LogP) is 0.164. The third-order valence-electron chi connectivity index (χ3n) is 1.12. The quantitative estimate of drug-likeness (QED) is 0.438. The molecule has 2 heteroatoms. The number of carbonyl (C=O) groups excluding carboxylic acids is 2. The van der Waals surface area contributed by atoms with Gasteiger partial charge in [0.25, 0.3) is 0 Å². The molecule has 1 fully saturated rings. The molecule has 1 aliphatic carbocycles. The molecule has 0 N–H and O–H groups in total. The summed E-state index contributed by atoms with van der Waals surface area (Å²) in [4.78, 5) is 20.3. The number of hydrogen-bond donors (Lipinski definition) is 0. The van der Waals surface area contributed by atoms with Crippen molar-refractivity contribution in [1.82, 2.24) is 0 Å². The molecule has 0 amide bonds. The summed E-state index contributed by atoms with van der Waals surface area (Å²) in [6, 6.07) is 0. The molecule has 0 bridgehead atoms. The molecule has 0 saturated heterocycles. The van der Waals surface area contributed by atoms with Gasteiger partial charge in [0, 0.05) is 6.42 Å². The van der Waals surface area contributed by atoms with Crippen LogP contribution in [-0.2, 0) is 9.59 Å². The molecule has 0 aromatic carbocycles. The van der Waals surface area contributed by atoms with Gasteiger partial charge in [0.05, 0.1) is 5.92 Å². The minimum atomic E-state index is -0.208. The SMILES string of the molecule is CC(=O)C1CC1=O. The number of ketones is 2. The van der Waals surface area contributed by atoms with E-state index in [4.69, 9.17) is 0 Å². The first-order valence-electron chi connectivity index (χ1n) is 2.25. The lowest BCUT2D eigenvalue weighted by molar-refractivity contribution is -0.121. The van der Waals surface area contributed by atoms with Crippen LogP contribution in [0.1, 0.15) is 13.3 Å². The van der Waals surface area contributed by atoms with E-state index in [0.717, 1.165) is 0 Å². The molecule has 0 aliphatic heterocycles. The molecule has 0 spiro atoms. The standard InChI is InChI=1S/C5H6O2/c1-3(6)4-2-5(4)7/h4H,2H2,1H3. The van der Waals surface area contributed by atoms with Crippen molar-refractivity contribution in [3.63, 3.8) is 0 Å². The van der Waals surface area contributed by atoms with E-state index < -0.39 is 0 Å². The van der Waals surface area contributed by atoms with Gasteiger partial charge < -0.3 is 0 Å². The molecule has 1 rings (SSSR count). The monoisotopic (exact) mass is 98.0 g/mol. The third-order valence-corrected chi connectivity index (χ3v) is 1.12. The van der Waals surface area contributed by atoms with Crippen molar-refractivity contribution in [1.29, 1.82) is 0 Å². The number of rotatable bonds is 1. The molecule has 1 saturated carbocycles. The molecule has 0 aromatic heterocycles. The van der Waals surface area contributed by atoms with Crippen LogP contribution in [-0.4, -0.2) is 11.6 Å². The Kier molecular flexibility index (Phi) is 0.741. The second-order valence-corrected chi connectivity index (χ2v) is 1.83. The Morgan fingerprint density at radius 1 is 1.86 bits per heavy atom. The fourth-order valence-corrected chi connectivity index (χ4v) is 0.513. The van der Waals surface area contributed by atoms with E-state index >= 15 is 0 Å². The van der Waals surface area contributed by atoms with E-state index in [2.05, 4.69) is 0 Å². The maximum absolute atomic E-state index is 10.2. The van der Waals surface area contributed by atoms with E-state index in [1.54, 1.807) is 0 Å². The van der Waals surface area contributed by atoms with Crippen molar-refractivity contribution in [2.45, 2.75) is 13.3 Å². The first-order valence-corrected chi connectivity index (χ1v) is 2.25. The average Bonchev–Trinajstić information content (AvgIpc) is 2.17. The number of hydrogen-bond acceptors (Lipinski definition) is 2. The van der Waals surface area contributed by atoms with Crippen LogP contribution in [0.4, 0.5) is 0 Å². The van der Waals surface area contributed by atoms with E-state index in [1.165, 1.54) is 6.92 Å². The normalized spacial score (nSPS) is 27.6. The molecule has 1 unspecified atom stereocenters. The van der Waals surface area contributed by atoms with E-state index in [1.807, 2.05) is 0 Å². The average molecular weight is 98.1 g/mol. The minimum absolute atomic E-state index is 0.0185. The van der Waals surface area contributed by atoms with Crippen LogP contribution in [0, 0.1) is 5.92 Å². The van der Waals surface area contributed by atoms with Crippen molar-refractivity contribution < 1.29 is 9.59 Å². The molecular weight excluding hydrogens is 92.1 g/mol. The molecule has 1 atom stereocenters. The van der Waals surface area contributed by atoms with Gasteiger partial charge in [-0.2, -0.15) is 0 Å². The first-order chi connectivity index (χ1) is 3.22. The molecular formula is C5H6O2. The second kappa shape index (κ2) is 1.15. The van der Waals surface area contributed by atoms with Crippen LogP contribution in [0.5, 0.6) is 0 Å². The Hall–Kier alpha value is -0.660. The second-order valence-electron chi connectivity index (χ2n) is 1.83. The Balaban J connectivity index is 2.48. The summed E-state index contributed by atoms with van der Waals surface area (Å²) >= 11 is 0. The van der Waals surface area contributed by atoms with Gasteiger partial charge in [0.15, 0.2) is 0 Å². The topological polar surface area (TPSA) is 34.1 Å². The zero-order valence-electron chi connectivity index (χ0n) is 4.10. The van der Waals surface area contributed by atoms with E-state index in [-0.39, 0.29) is 17.5 Å². The zero-order valence-corrected chi connectivity index (χ0v) is 4.10. The van der Waals surface area contributed by atoms with Gasteiger partial charge in [0.1, 0.15) is 11.6 Å². The summed E-state index contributed by atoms with van der Waals surface area (Å²) in [5.74, 6) is -0.0856. The third kappa shape index (κ3) is 0.683. The van der Waals surface area contributed by atoms with Crippen molar-refractivity contribution >= 4 is 11.6 Å². The van der Waals surface area contributed by atoms with Gasteiger partial charge in [0.2, 0.25) is 0 Å². The lowest BCUT2D eigenvalue weighted by Gasteiger charge is -1.73. The van der Waals surface area contributed by atoms with Crippen molar-refractivity contribution in [3.05, 3.63) is 0 Å². The summed E-state index contributed by atoms with van der Waals surface area (Å²) in [5, 5.41) is 0. The molecule has 0 radical (unpaired) electrons. The fourth-order valence-electron chi connectivity index (χ4n) is 0.513. The first kappa shape index (κ1) is 4.50. The highest BCUT2D eigenvalue weighted by molar-refractivity contribution is 6.13. The lowest BCUT2D eigenvalue weighted by atomic mass is 10.3. The molecule has 0 aromatic rings. The van der Waals surface area contributed by atoms with Gasteiger partial charge in [-0.25, -0.2) is 0 Å². The van der Waals surface area contributed by atoms with Crippen LogP contribution < -0.4 is 0 Å². The van der Waals surface area contributed by atoms with Gasteiger partial charge >= 0.3 is 0 Å². The van der Waals surface area contributed by atoms with Crippen LogP contribution in [0.15, 0.2) is 0 Å². The molecule has 1 aliphatic rings.